The lowest BCUT2D eigenvalue weighted by Crippen LogP contribution is -2.06. The molecule has 0 aliphatic rings. The normalized spacial score (nSPS) is 10.2. The van der Waals surface area contributed by atoms with E-state index in [1.165, 1.54) is 0 Å². The highest BCUT2D eigenvalue weighted by atomic mass is 16.5. The quantitative estimate of drug-likeness (QED) is 0.757. The lowest BCUT2D eigenvalue weighted by molar-refractivity contribution is 0.298. The molecule has 2 aromatic rings. The number of aromatic nitrogens is 2. The van der Waals surface area contributed by atoms with E-state index in [-0.39, 0.29) is 0 Å². The summed E-state index contributed by atoms with van der Waals surface area (Å²) in [4.78, 5) is 3.96. The summed E-state index contributed by atoms with van der Waals surface area (Å²) in [5, 5.41) is 0. The topological polar surface area (TPSA) is 27.1 Å². The number of benzene rings is 1. The van der Waals surface area contributed by atoms with Gasteiger partial charge in [0.15, 0.2) is 0 Å². The van der Waals surface area contributed by atoms with Crippen LogP contribution in [0.5, 0.6) is 5.75 Å². The van der Waals surface area contributed by atoms with Crippen molar-refractivity contribution in [2.75, 3.05) is 6.61 Å². The van der Waals surface area contributed by atoms with E-state index < -0.39 is 0 Å². The van der Waals surface area contributed by atoms with Crippen LogP contribution in [-0.4, -0.2) is 16.2 Å². The van der Waals surface area contributed by atoms with Gasteiger partial charge in [-0.1, -0.05) is 12.1 Å². The zero-order valence-electron chi connectivity index (χ0n) is 8.47. The van der Waals surface area contributed by atoms with Crippen LogP contribution in [0.4, 0.5) is 0 Å². The van der Waals surface area contributed by atoms with E-state index in [1.54, 1.807) is 12.5 Å². The monoisotopic (exact) mass is 201 g/mol. The Labute approximate surface area is 89.3 Å². The van der Waals surface area contributed by atoms with Gasteiger partial charge in [-0.05, 0) is 24.6 Å². The molecular formula is C12H13N2O. The van der Waals surface area contributed by atoms with Crippen LogP contribution >= 0.6 is 0 Å². The minimum atomic E-state index is 0.646. The minimum Gasteiger partial charge on any atom is -0.492 e. The van der Waals surface area contributed by atoms with Crippen LogP contribution in [0.3, 0.4) is 0 Å². The molecule has 1 radical (unpaired) electrons. The second kappa shape index (κ2) is 4.64. The van der Waals surface area contributed by atoms with Gasteiger partial charge in [-0.3, -0.25) is 0 Å². The molecule has 77 valence electrons. The lowest BCUT2D eigenvalue weighted by Gasteiger charge is -2.06. The van der Waals surface area contributed by atoms with Crippen molar-refractivity contribution in [2.45, 2.75) is 6.54 Å². The third-order valence-electron chi connectivity index (χ3n) is 2.10. The largest absolute Gasteiger partial charge is 0.492 e. The summed E-state index contributed by atoms with van der Waals surface area (Å²) >= 11 is 0. The Bertz CT molecular complexity index is 392. The summed E-state index contributed by atoms with van der Waals surface area (Å²) in [6.45, 7) is 5.27. The van der Waals surface area contributed by atoms with Crippen LogP contribution in [0.25, 0.3) is 0 Å². The lowest BCUT2D eigenvalue weighted by atomic mass is 10.2. The predicted molar refractivity (Wildman–Crippen MR) is 58.6 cm³/mol. The summed E-state index contributed by atoms with van der Waals surface area (Å²) in [5.74, 6) is 0.877. The van der Waals surface area contributed by atoms with Crippen LogP contribution in [0.2, 0.25) is 0 Å². The summed E-state index contributed by atoms with van der Waals surface area (Å²) in [6, 6.07) is 7.73. The molecular weight excluding hydrogens is 188 g/mol. The van der Waals surface area contributed by atoms with Gasteiger partial charge in [0.05, 0.1) is 12.9 Å². The summed E-state index contributed by atoms with van der Waals surface area (Å²) in [6.07, 6.45) is 5.46. The number of nitrogens with zero attached hydrogens (tertiary/aromatic N) is 2. The first-order valence-corrected chi connectivity index (χ1v) is 4.85. The van der Waals surface area contributed by atoms with Gasteiger partial charge in [0, 0.05) is 12.4 Å². The molecule has 3 heteroatoms. The molecule has 1 aromatic heterocycles. The van der Waals surface area contributed by atoms with E-state index in [2.05, 4.69) is 11.9 Å². The van der Waals surface area contributed by atoms with Gasteiger partial charge >= 0.3 is 0 Å². The molecule has 0 fully saturated rings. The molecule has 0 N–H and O–H groups in total. The van der Waals surface area contributed by atoms with Crippen molar-refractivity contribution in [3.05, 3.63) is 55.5 Å². The van der Waals surface area contributed by atoms with Crippen LogP contribution in [0, 0.1) is 6.92 Å². The zero-order chi connectivity index (χ0) is 10.5. The van der Waals surface area contributed by atoms with E-state index in [1.807, 2.05) is 35.0 Å². The minimum absolute atomic E-state index is 0.646. The maximum Gasteiger partial charge on any atom is 0.119 e. The van der Waals surface area contributed by atoms with Crippen molar-refractivity contribution in [3.8, 4) is 5.75 Å². The first-order valence-electron chi connectivity index (χ1n) is 4.85. The SMILES string of the molecule is [CH2]c1ccc(OCCn2ccnc2)cc1. The van der Waals surface area contributed by atoms with Gasteiger partial charge < -0.3 is 9.30 Å². The maximum absolute atomic E-state index is 5.56. The van der Waals surface area contributed by atoms with Crippen LogP contribution < -0.4 is 4.74 Å². The summed E-state index contributed by atoms with van der Waals surface area (Å²) < 4.78 is 7.54. The van der Waals surface area contributed by atoms with Gasteiger partial charge in [0.2, 0.25) is 0 Å². The fourth-order valence-corrected chi connectivity index (χ4v) is 1.27. The van der Waals surface area contributed by atoms with Gasteiger partial charge in [-0.2, -0.15) is 0 Å². The Morgan fingerprint density at radius 3 is 2.73 bits per heavy atom. The van der Waals surface area contributed by atoms with E-state index >= 15 is 0 Å². The van der Waals surface area contributed by atoms with E-state index in [0.717, 1.165) is 17.9 Å². The Kier molecular flexibility index (Phi) is 3.02. The number of imidazole rings is 1. The number of rotatable bonds is 4. The molecule has 2 rings (SSSR count). The van der Waals surface area contributed by atoms with Crippen LogP contribution in [-0.2, 0) is 6.54 Å². The second-order valence-corrected chi connectivity index (χ2v) is 3.29. The van der Waals surface area contributed by atoms with Crippen molar-refractivity contribution in [1.82, 2.24) is 9.55 Å². The predicted octanol–water partition coefficient (Wildman–Crippen LogP) is 2.14. The van der Waals surface area contributed by atoms with E-state index in [0.29, 0.717) is 6.61 Å². The Hall–Kier alpha value is -1.77. The molecule has 0 aliphatic heterocycles. The Balaban J connectivity index is 1.81. The highest BCUT2D eigenvalue weighted by Gasteiger charge is 1.93. The van der Waals surface area contributed by atoms with Crippen molar-refractivity contribution < 1.29 is 4.74 Å². The molecule has 3 nitrogen and oxygen atoms in total. The first kappa shape index (κ1) is 9.77. The summed E-state index contributed by atoms with van der Waals surface area (Å²) in [5.41, 5.74) is 0.997. The second-order valence-electron chi connectivity index (χ2n) is 3.29. The molecule has 1 heterocycles. The third-order valence-corrected chi connectivity index (χ3v) is 2.10. The van der Waals surface area contributed by atoms with Crippen LogP contribution in [0.15, 0.2) is 43.0 Å². The highest BCUT2D eigenvalue weighted by Crippen LogP contribution is 2.11. The Morgan fingerprint density at radius 1 is 1.27 bits per heavy atom. The van der Waals surface area contributed by atoms with E-state index in [4.69, 9.17) is 4.74 Å². The van der Waals surface area contributed by atoms with Crippen LogP contribution in [0.1, 0.15) is 5.56 Å². The molecule has 0 unspecified atom stereocenters. The van der Waals surface area contributed by atoms with Gasteiger partial charge in [-0.25, -0.2) is 4.98 Å². The standard InChI is InChI=1S/C12H13N2O/c1-11-2-4-12(5-3-11)15-9-8-14-7-6-13-10-14/h2-7,10H,1,8-9H2. The van der Waals surface area contributed by atoms with Crippen molar-refractivity contribution in [1.29, 1.82) is 0 Å². The van der Waals surface area contributed by atoms with Crippen molar-refractivity contribution in [2.24, 2.45) is 0 Å². The number of hydrogen-bond donors (Lipinski definition) is 0. The average Bonchev–Trinajstić information content (AvgIpc) is 2.74. The smallest absolute Gasteiger partial charge is 0.119 e. The number of ether oxygens (including phenoxy) is 1. The maximum atomic E-state index is 5.56. The summed E-state index contributed by atoms with van der Waals surface area (Å²) in [7, 11) is 0. The number of hydrogen-bond acceptors (Lipinski definition) is 2. The van der Waals surface area contributed by atoms with Crippen molar-refractivity contribution in [3.63, 3.8) is 0 Å². The molecule has 0 saturated heterocycles. The average molecular weight is 201 g/mol. The highest BCUT2D eigenvalue weighted by molar-refractivity contribution is 5.28. The zero-order valence-corrected chi connectivity index (χ0v) is 8.47. The Morgan fingerprint density at radius 2 is 2.07 bits per heavy atom. The molecule has 0 spiro atoms. The molecule has 0 amide bonds. The molecule has 0 atom stereocenters. The fraction of sp³-hybridized carbons (Fsp3) is 0.167. The molecule has 15 heavy (non-hydrogen) atoms. The first-order chi connectivity index (χ1) is 7.34. The van der Waals surface area contributed by atoms with Gasteiger partial charge in [-0.15, -0.1) is 0 Å². The van der Waals surface area contributed by atoms with E-state index in [9.17, 15) is 0 Å². The van der Waals surface area contributed by atoms with Gasteiger partial charge in [0.1, 0.15) is 12.4 Å². The molecule has 1 aromatic carbocycles. The molecule has 0 saturated carbocycles. The van der Waals surface area contributed by atoms with Crippen molar-refractivity contribution >= 4 is 0 Å². The molecule has 0 aliphatic carbocycles. The van der Waals surface area contributed by atoms with Gasteiger partial charge in [0.25, 0.3) is 0 Å². The molecule has 0 bridgehead atoms. The fourth-order valence-electron chi connectivity index (χ4n) is 1.27. The third kappa shape index (κ3) is 2.84.